The predicted octanol–water partition coefficient (Wildman–Crippen LogP) is 1.37. The molecule has 1 aromatic rings. The molecule has 2 amide bonds. The summed E-state index contributed by atoms with van der Waals surface area (Å²) in [4.78, 5) is 23.1. The number of carbonyl (C=O) groups excluding carboxylic acids is 2. The van der Waals surface area contributed by atoms with E-state index in [0.717, 1.165) is 13.0 Å². The van der Waals surface area contributed by atoms with Crippen molar-refractivity contribution < 1.29 is 9.59 Å². The largest absolute Gasteiger partial charge is 0.352 e. The first-order chi connectivity index (χ1) is 9.17. The molecule has 0 heterocycles. The zero-order chi connectivity index (χ0) is 14.1. The third-order valence-corrected chi connectivity index (χ3v) is 2.60. The number of hydrogen-bond donors (Lipinski definition) is 3. The lowest BCUT2D eigenvalue weighted by Crippen LogP contribution is -2.22. The first-order valence-electron chi connectivity index (χ1n) is 6.50. The summed E-state index contributed by atoms with van der Waals surface area (Å²) in [5.41, 5.74) is 1.30. The average molecular weight is 263 g/mol. The molecule has 0 radical (unpaired) electrons. The molecule has 3 N–H and O–H groups in total. The van der Waals surface area contributed by atoms with Gasteiger partial charge >= 0.3 is 0 Å². The van der Waals surface area contributed by atoms with E-state index in [-0.39, 0.29) is 11.8 Å². The Morgan fingerprint density at radius 2 is 1.84 bits per heavy atom. The molecule has 0 fully saturated rings. The Bertz CT molecular complexity index is 415. The van der Waals surface area contributed by atoms with Crippen molar-refractivity contribution in [2.24, 2.45) is 0 Å². The second-order valence-electron chi connectivity index (χ2n) is 4.19. The fourth-order valence-corrected chi connectivity index (χ4v) is 1.62. The number of anilines is 1. The average Bonchev–Trinajstić information content (AvgIpc) is 2.40. The van der Waals surface area contributed by atoms with Crippen LogP contribution in [-0.4, -0.2) is 32.0 Å². The van der Waals surface area contributed by atoms with Crippen molar-refractivity contribution in [3.63, 3.8) is 0 Å². The topological polar surface area (TPSA) is 70.2 Å². The van der Waals surface area contributed by atoms with Gasteiger partial charge in [-0.25, -0.2) is 0 Å². The van der Waals surface area contributed by atoms with Gasteiger partial charge in [-0.1, -0.05) is 0 Å². The van der Waals surface area contributed by atoms with Crippen molar-refractivity contribution in [1.82, 2.24) is 10.6 Å². The molecular formula is C14H21N3O2. The Morgan fingerprint density at radius 1 is 1.16 bits per heavy atom. The Kier molecular flexibility index (Phi) is 6.60. The van der Waals surface area contributed by atoms with Gasteiger partial charge in [-0.3, -0.25) is 9.59 Å². The zero-order valence-electron chi connectivity index (χ0n) is 11.5. The van der Waals surface area contributed by atoms with E-state index in [4.69, 9.17) is 0 Å². The Labute approximate surface area is 113 Å². The monoisotopic (exact) mass is 263 g/mol. The first kappa shape index (κ1) is 15.2. The van der Waals surface area contributed by atoms with Crippen LogP contribution >= 0.6 is 0 Å². The molecule has 0 saturated heterocycles. The third-order valence-electron chi connectivity index (χ3n) is 2.60. The van der Waals surface area contributed by atoms with Gasteiger partial charge in [-0.2, -0.15) is 0 Å². The number of nitrogens with one attached hydrogen (secondary N) is 3. The maximum atomic E-state index is 11.6. The quantitative estimate of drug-likeness (QED) is 0.651. The van der Waals surface area contributed by atoms with E-state index in [1.807, 2.05) is 14.0 Å². The molecule has 5 heteroatoms. The number of rotatable bonds is 7. The van der Waals surface area contributed by atoms with E-state index in [2.05, 4.69) is 16.0 Å². The number of hydrogen-bond acceptors (Lipinski definition) is 3. The van der Waals surface area contributed by atoms with E-state index in [1.165, 1.54) is 0 Å². The number of carbonyl (C=O) groups is 2. The normalized spacial score (nSPS) is 10.0. The van der Waals surface area contributed by atoms with Crippen LogP contribution in [0.2, 0.25) is 0 Å². The Hall–Kier alpha value is -1.88. The van der Waals surface area contributed by atoms with Crippen molar-refractivity contribution in [2.45, 2.75) is 19.8 Å². The molecule has 0 aromatic heterocycles. The van der Waals surface area contributed by atoms with Crippen LogP contribution in [0.25, 0.3) is 0 Å². The van der Waals surface area contributed by atoms with Gasteiger partial charge in [0.25, 0.3) is 5.91 Å². The molecule has 0 saturated carbocycles. The Balaban J connectivity index is 2.47. The van der Waals surface area contributed by atoms with Crippen molar-refractivity contribution >= 4 is 17.5 Å². The lowest BCUT2D eigenvalue weighted by atomic mass is 10.2. The highest BCUT2D eigenvalue weighted by atomic mass is 16.2. The highest BCUT2D eigenvalue weighted by Crippen LogP contribution is 2.10. The van der Waals surface area contributed by atoms with Gasteiger partial charge in [0.05, 0.1) is 0 Å². The van der Waals surface area contributed by atoms with Gasteiger partial charge in [0.1, 0.15) is 0 Å². The van der Waals surface area contributed by atoms with Crippen LogP contribution in [0, 0.1) is 0 Å². The summed E-state index contributed by atoms with van der Waals surface area (Å²) in [5, 5.41) is 8.52. The maximum Gasteiger partial charge on any atom is 0.251 e. The minimum Gasteiger partial charge on any atom is -0.352 e. The van der Waals surface area contributed by atoms with Gasteiger partial charge in [0.2, 0.25) is 5.91 Å². The van der Waals surface area contributed by atoms with Crippen LogP contribution in [0.15, 0.2) is 24.3 Å². The SMILES string of the molecule is CCNC(=O)c1ccc(NC(=O)CCCNC)cc1. The summed E-state index contributed by atoms with van der Waals surface area (Å²) in [7, 11) is 1.86. The van der Waals surface area contributed by atoms with Crippen molar-refractivity contribution in [2.75, 3.05) is 25.5 Å². The molecule has 0 spiro atoms. The minimum atomic E-state index is -0.102. The van der Waals surface area contributed by atoms with Crippen molar-refractivity contribution in [3.05, 3.63) is 29.8 Å². The zero-order valence-corrected chi connectivity index (χ0v) is 11.5. The van der Waals surface area contributed by atoms with Crippen LogP contribution in [0.1, 0.15) is 30.1 Å². The second-order valence-corrected chi connectivity index (χ2v) is 4.19. The summed E-state index contributed by atoms with van der Waals surface area (Å²) in [6, 6.07) is 6.88. The van der Waals surface area contributed by atoms with E-state index >= 15 is 0 Å². The number of amides is 2. The molecule has 5 nitrogen and oxygen atoms in total. The molecule has 0 unspecified atom stereocenters. The third kappa shape index (κ3) is 5.52. The van der Waals surface area contributed by atoms with Gasteiger partial charge in [0, 0.05) is 24.2 Å². The summed E-state index contributed by atoms with van der Waals surface area (Å²) >= 11 is 0. The summed E-state index contributed by atoms with van der Waals surface area (Å²) in [5.74, 6) is -0.115. The van der Waals surface area contributed by atoms with Gasteiger partial charge in [-0.15, -0.1) is 0 Å². The van der Waals surface area contributed by atoms with Crippen molar-refractivity contribution in [3.8, 4) is 0 Å². The number of benzene rings is 1. The molecule has 0 aliphatic rings. The second kappa shape index (κ2) is 8.26. The summed E-state index contributed by atoms with van der Waals surface area (Å²) in [6.45, 7) is 3.30. The van der Waals surface area contributed by atoms with Gasteiger partial charge in [-0.05, 0) is 51.2 Å². The van der Waals surface area contributed by atoms with E-state index < -0.39 is 0 Å². The standard InChI is InChI=1S/C14H21N3O2/c1-3-16-14(19)11-6-8-12(9-7-11)17-13(18)5-4-10-15-2/h6-9,15H,3-5,10H2,1-2H3,(H,16,19)(H,17,18). The maximum absolute atomic E-state index is 11.6. The summed E-state index contributed by atoms with van der Waals surface area (Å²) < 4.78 is 0. The van der Waals surface area contributed by atoms with Gasteiger partial charge < -0.3 is 16.0 Å². The summed E-state index contributed by atoms with van der Waals surface area (Å²) in [6.07, 6.45) is 1.29. The van der Waals surface area contributed by atoms with Crippen LogP contribution < -0.4 is 16.0 Å². The van der Waals surface area contributed by atoms with Crippen molar-refractivity contribution in [1.29, 1.82) is 0 Å². The van der Waals surface area contributed by atoms with Gasteiger partial charge in [0.15, 0.2) is 0 Å². The van der Waals surface area contributed by atoms with E-state index in [9.17, 15) is 9.59 Å². The molecule has 19 heavy (non-hydrogen) atoms. The van der Waals surface area contributed by atoms with Crippen LogP contribution in [0.4, 0.5) is 5.69 Å². The predicted molar refractivity (Wildman–Crippen MR) is 76.2 cm³/mol. The highest BCUT2D eigenvalue weighted by molar-refractivity contribution is 5.95. The molecule has 0 atom stereocenters. The molecular weight excluding hydrogens is 242 g/mol. The fraction of sp³-hybridized carbons (Fsp3) is 0.429. The molecule has 0 aliphatic heterocycles. The minimum absolute atomic E-state index is 0.0130. The highest BCUT2D eigenvalue weighted by Gasteiger charge is 2.05. The lowest BCUT2D eigenvalue weighted by Gasteiger charge is -2.06. The lowest BCUT2D eigenvalue weighted by molar-refractivity contribution is -0.116. The molecule has 0 aliphatic carbocycles. The van der Waals surface area contributed by atoms with E-state index in [1.54, 1.807) is 24.3 Å². The van der Waals surface area contributed by atoms with Crippen LogP contribution in [-0.2, 0) is 4.79 Å². The molecule has 1 aromatic carbocycles. The van der Waals surface area contributed by atoms with E-state index in [0.29, 0.717) is 24.2 Å². The molecule has 0 bridgehead atoms. The molecule has 104 valence electrons. The Morgan fingerprint density at radius 3 is 2.42 bits per heavy atom. The smallest absolute Gasteiger partial charge is 0.251 e. The van der Waals surface area contributed by atoms with Crippen LogP contribution in [0.3, 0.4) is 0 Å². The first-order valence-corrected chi connectivity index (χ1v) is 6.50. The fourth-order valence-electron chi connectivity index (χ4n) is 1.62. The van der Waals surface area contributed by atoms with Crippen LogP contribution in [0.5, 0.6) is 0 Å². The molecule has 1 rings (SSSR count).